The molecule has 3 aromatic rings. The van der Waals surface area contributed by atoms with Crippen molar-refractivity contribution < 1.29 is 9.21 Å². The first-order valence-electron chi connectivity index (χ1n) is 9.75. The Morgan fingerprint density at radius 1 is 1.13 bits per heavy atom. The van der Waals surface area contributed by atoms with Crippen molar-refractivity contribution in [2.45, 2.75) is 25.5 Å². The van der Waals surface area contributed by atoms with Crippen LogP contribution in [0.1, 0.15) is 25.8 Å². The lowest BCUT2D eigenvalue weighted by Gasteiger charge is -2.20. The van der Waals surface area contributed by atoms with E-state index in [-0.39, 0.29) is 12.3 Å². The van der Waals surface area contributed by atoms with Crippen LogP contribution >= 0.6 is 11.8 Å². The second-order valence-electron chi connectivity index (χ2n) is 6.40. The maximum atomic E-state index is 12.1. The van der Waals surface area contributed by atoms with Crippen molar-refractivity contribution >= 4 is 29.0 Å². The lowest BCUT2D eigenvalue weighted by atomic mass is 10.2. The summed E-state index contributed by atoms with van der Waals surface area (Å²) in [5, 5.41) is 20.4. The third-order valence-electron chi connectivity index (χ3n) is 4.53. The Bertz CT molecular complexity index is 1020. The Kier molecular flexibility index (Phi) is 7.46. The van der Waals surface area contributed by atoms with Gasteiger partial charge in [-0.3, -0.25) is 4.79 Å². The molecule has 0 saturated carbocycles. The van der Waals surface area contributed by atoms with E-state index in [9.17, 15) is 4.79 Å². The monoisotopic (exact) mass is 421 g/mol. The molecular weight excluding hydrogens is 398 g/mol. The normalized spacial score (nSPS) is 10.4. The van der Waals surface area contributed by atoms with Crippen molar-refractivity contribution in [1.82, 2.24) is 10.2 Å². The lowest BCUT2D eigenvalue weighted by molar-refractivity contribution is -0.115. The number of thioether (sulfide) groups is 1. The topological polar surface area (TPSA) is 95.0 Å². The average molecular weight is 422 g/mol. The van der Waals surface area contributed by atoms with Crippen LogP contribution in [0.4, 0.5) is 11.4 Å². The van der Waals surface area contributed by atoms with Gasteiger partial charge < -0.3 is 14.6 Å². The van der Waals surface area contributed by atoms with E-state index in [0.717, 1.165) is 24.3 Å². The van der Waals surface area contributed by atoms with E-state index in [0.29, 0.717) is 28.1 Å². The minimum Gasteiger partial charge on any atom is -0.411 e. The molecule has 8 heteroatoms. The maximum absolute atomic E-state index is 12.1. The van der Waals surface area contributed by atoms with Crippen molar-refractivity contribution in [3.05, 3.63) is 54.1 Å². The van der Waals surface area contributed by atoms with Gasteiger partial charge in [-0.25, -0.2) is 0 Å². The van der Waals surface area contributed by atoms with Crippen LogP contribution in [0, 0.1) is 11.3 Å². The third kappa shape index (κ3) is 5.39. The van der Waals surface area contributed by atoms with E-state index in [2.05, 4.69) is 40.3 Å². The first-order chi connectivity index (χ1) is 14.6. The van der Waals surface area contributed by atoms with Crippen LogP contribution in [0.25, 0.3) is 11.5 Å². The van der Waals surface area contributed by atoms with Gasteiger partial charge in [0.05, 0.1) is 11.3 Å². The van der Waals surface area contributed by atoms with Crippen molar-refractivity contribution in [2.75, 3.05) is 29.1 Å². The van der Waals surface area contributed by atoms with Gasteiger partial charge in [-0.05, 0) is 50.2 Å². The number of nitriles is 1. The molecule has 7 nitrogen and oxygen atoms in total. The van der Waals surface area contributed by atoms with Gasteiger partial charge in [-0.1, -0.05) is 23.9 Å². The molecule has 0 bridgehead atoms. The second kappa shape index (κ2) is 10.5. The summed E-state index contributed by atoms with van der Waals surface area (Å²) in [6.45, 7) is 6.16. The van der Waals surface area contributed by atoms with Gasteiger partial charge in [0, 0.05) is 36.5 Å². The number of nitrogens with zero attached hydrogens (tertiary/aromatic N) is 4. The Hall–Kier alpha value is -3.31. The first kappa shape index (κ1) is 21.4. The van der Waals surface area contributed by atoms with Crippen molar-refractivity contribution in [1.29, 1.82) is 5.26 Å². The number of nitrogens with one attached hydrogen (secondary N) is 1. The quantitative estimate of drug-likeness (QED) is 0.505. The highest BCUT2D eigenvalue weighted by Crippen LogP contribution is 2.26. The summed E-state index contributed by atoms with van der Waals surface area (Å²) in [6.07, 6.45) is 0.265. The summed E-state index contributed by atoms with van der Waals surface area (Å²) in [4.78, 5) is 14.4. The van der Waals surface area contributed by atoms with Gasteiger partial charge in [-0.15, -0.1) is 10.2 Å². The summed E-state index contributed by atoms with van der Waals surface area (Å²) >= 11 is 1.33. The van der Waals surface area contributed by atoms with E-state index < -0.39 is 0 Å². The molecule has 0 fully saturated rings. The molecule has 1 heterocycles. The molecule has 0 spiro atoms. The van der Waals surface area contributed by atoms with Gasteiger partial charge in [0.1, 0.15) is 6.07 Å². The van der Waals surface area contributed by atoms with Gasteiger partial charge in [0.15, 0.2) is 0 Å². The van der Waals surface area contributed by atoms with Crippen molar-refractivity contribution in [3.8, 4) is 17.5 Å². The number of carbonyl (C=O) groups is 1. The highest BCUT2D eigenvalue weighted by molar-refractivity contribution is 7.99. The zero-order chi connectivity index (χ0) is 21.3. The van der Waals surface area contributed by atoms with E-state index in [1.165, 1.54) is 11.8 Å². The number of para-hydroxylation sites is 1. The van der Waals surface area contributed by atoms with E-state index in [1.54, 1.807) is 24.3 Å². The molecule has 0 atom stereocenters. The molecular formula is C22H23N5O2S. The van der Waals surface area contributed by atoms with Crippen LogP contribution in [0.15, 0.2) is 58.2 Å². The second-order valence-corrected chi connectivity index (χ2v) is 7.44. The summed E-state index contributed by atoms with van der Waals surface area (Å²) in [6, 6.07) is 17.0. The van der Waals surface area contributed by atoms with Crippen LogP contribution < -0.4 is 10.2 Å². The lowest BCUT2D eigenvalue weighted by Crippen LogP contribution is -2.21. The van der Waals surface area contributed by atoms with Crippen LogP contribution in [0.2, 0.25) is 0 Å². The summed E-state index contributed by atoms with van der Waals surface area (Å²) in [7, 11) is 0. The molecule has 0 aliphatic carbocycles. The van der Waals surface area contributed by atoms with Crippen LogP contribution in [0.3, 0.4) is 0 Å². The number of hydrogen-bond donors (Lipinski definition) is 1. The molecule has 3 rings (SSSR count). The van der Waals surface area contributed by atoms with E-state index in [1.807, 2.05) is 24.3 Å². The molecule has 0 saturated heterocycles. The van der Waals surface area contributed by atoms with Crippen molar-refractivity contribution in [2.24, 2.45) is 0 Å². The Morgan fingerprint density at radius 3 is 2.57 bits per heavy atom. The van der Waals surface area contributed by atoms with E-state index >= 15 is 0 Å². The molecule has 0 unspecified atom stereocenters. The standard InChI is InChI=1S/C22H23N5O2S/c1-3-27(4-2)18-11-9-16(10-12-18)21-25-26-22(29-21)30-14-13-20(28)24-19-8-6-5-7-17(19)15-23/h5-12H,3-4,13-14H2,1-2H3,(H,24,28). The zero-order valence-corrected chi connectivity index (χ0v) is 17.8. The number of rotatable bonds is 9. The SMILES string of the molecule is CCN(CC)c1ccc(-c2nnc(SCCC(=O)Nc3ccccc3C#N)o2)cc1. The van der Waals surface area contributed by atoms with E-state index in [4.69, 9.17) is 9.68 Å². The number of hydrogen-bond acceptors (Lipinski definition) is 7. The van der Waals surface area contributed by atoms with Gasteiger partial charge in [0.25, 0.3) is 5.22 Å². The van der Waals surface area contributed by atoms with Gasteiger partial charge >= 0.3 is 0 Å². The summed E-state index contributed by atoms with van der Waals surface area (Å²) < 4.78 is 5.71. The molecule has 2 aromatic carbocycles. The molecule has 0 aliphatic heterocycles. The molecule has 0 radical (unpaired) electrons. The fourth-order valence-corrected chi connectivity index (χ4v) is 3.62. The fraction of sp³-hybridized carbons (Fsp3) is 0.273. The Labute approximate surface area is 180 Å². The van der Waals surface area contributed by atoms with Crippen LogP contribution in [0.5, 0.6) is 0 Å². The Balaban J connectivity index is 1.52. The molecule has 0 aliphatic rings. The molecule has 1 aromatic heterocycles. The largest absolute Gasteiger partial charge is 0.411 e. The van der Waals surface area contributed by atoms with Crippen LogP contribution in [-0.2, 0) is 4.79 Å². The zero-order valence-electron chi connectivity index (χ0n) is 17.0. The molecule has 30 heavy (non-hydrogen) atoms. The van der Waals surface area contributed by atoms with Gasteiger partial charge in [0.2, 0.25) is 11.8 Å². The smallest absolute Gasteiger partial charge is 0.276 e. The molecule has 1 N–H and O–H groups in total. The highest BCUT2D eigenvalue weighted by atomic mass is 32.2. The third-order valence-corrected chi connectivity index (χ3v) is 5.35. The minimum atomic E-state index is -0.170. The number of carbonyl (C=O) groups excluding carboxylic acids is 1. The number of anilines is 2. The molecule has 154 valence electrons. The van der Waals surface area contributed by atoms with Crippen LogP contribution in [-0.4, -0.2) is 34.9 Å². The average Bonchev–Trinajstić information content (AvgIpc) is 3.24. The first-order valence-corrected chi connectivity index (χ1v) is 10.7. The maximum Gasteiger partial charge on any atom is 0.276 e. The van der Waals surface area contributed by atoms with Crippen molar-refractivity contribution in [3.63, 3.8) is 0 Å². The number of amides is 1. The summed E-state index contributed by atoms with van der Waals surface area (Å²) in [5.74, 6) is 0.774. The predicted molar refractivity (Wildman–Crippen MR) is 118 cm³/mol. The minimum absolute atomic E-state index is 0.170. The van der Waals surface area contributed by atoms with Gasteiger partial charge in [-0.2, -0.15) is 5.26 Å². The number of benzene rings is 2. The Morgan fingerprint density at radius 2 is 1.87 bits per heavy atom. The predicted octanol–water partition coefficient (Wildman–Crippen LogP) is 4.58. The summed E-state index contributed by atoms with van der Waals surface area (Å²) in [5.41, 5.74) is 2.97. The fourth-order valence-electron chi connectivity index (χ4n) is 2.92. The highest BCUT2D eigenvalue weighted by Gasteiger charge is 2.12. The number of aromatic nitrogens is 2. The molecule has 1 amide bonds.